The van der Waals surface area contributed by atoms with Crippen molar-refractivity contribution >= 4 is 0 Å². The maximum absolute atomic E-state index is 14.5. The van der Waals surface area contributed by atoms with Crippen molar-refractivity contribution < 1.29 is 177 Å². The topological polar surface area (TPSA) is 46.2 Å². The molecule has 0 aromatic heterocycles. The Morgan fingerprint density at radius 3 is 0.534 bits per heavy atom. The van der Waals surface area contributed by atoms with Crippen molar-refractivity contribution in [1.82, 2.24) is 0 Å². The number of ether oxygens (including phenoxy) is 5. The number of rotatable bonds is 15. The molecular formula is C18H3F35O5. The van der Waals surface area contributed by atoms with Gasteiger partial charge < -0.3 is 0 Å². The van der Waals surface area contributed by atoms with E-state index in [2.05, 4.69) is 0 Å². The minimum atomic E-state index is -9.54. The summed E-state index contributed by atoms with van der Waals surface area (Å²) in [6.45, 7) is -1.58. The zero-order valence-corrected chi connectivity index (χ0v) is 24.8. The Labute approximate surface area is 288 Å². The molecule has 0 saturated carbocycles. The zero-order chi connectivity index (χ0) is 48.0. The van der Waals surface area contributed by atoms with Crippen LogP contribution in [0.5, 0.6) is 0 Å². The van der Waals surface area contributed by atoms with Crippen LogP contribution in [-0.2, 0) is 23.7 Å². The minimum Gasteiger partial charge on any atom is -0.270 e. The van der Waals surface area contributed by atoms with Gasteiger partial charge in [-0.2, -0.15) is 149 Å². The van der Waals surface area contributed by atoms with Gasteiger partial charge >= 0.3 is 103 Å². The SMILES string of the molecule is CC(F)(OC(F)(F)C(F)(OC(F)(F)C(F)(OC(F)(F)C(F)(OC(F)(F)C(F)(OC(F)(F)C(F)(F)C(F)(F)F)C(F)(F)F)C(F)(F)F)C(F)(F)F)C(F)(F)F)C(F)(F)F. The molecular weight excluding hydrogens is 961 g/mol. The first kappa shape index (κ1) is 55.4. The lowest BCUT2D eigenvalue weighted by Gasteiger charge is -2.44. The maximum atomic E-state index is 14.5. The van der Waals surface area contributed by atoms with E-state index in [-0.39, 0.29) is 0 Å². The molecule has 0 fully saturated rings. The number of halogens is 35. The summed E-state index contributed by atoms with van der Waals surface area (Å²) in [5, 5.41) is 0. The van der Waals surface area contributed by atoms with Gasteiger partial charge in [-0.1, -0.05) is 0 Å². The van der Waals surface area contributed by atoms with E-state index in [1.165, 1.54) is 4.74 Å². The summed E-state index contributed by atoms with van der Waals surface area (Å²) < 4.78 is 471. The normalized spacial score (nSPS) is 21.1. The van der Waals surface area contributed by atoms with Gasteiger partial charge in [0.1, 0.15) is 0 Å². The molecule has 0 saturated heterocycles. The van der Waals surface area contributed by atoms with Crippen LogP contribution in [0.15, 0.2) is 0 Å². The van der Waals surface area contributed by atoms with E-state index in [4.69, 9.17) is 0 Å². The van der Waals surface area contributed by atoms with E-state index < -0.39 is 110 Å². The van der Waals surface area contributed by atoms with Gasteiger partial charge in [-0.25, -0.2) is 4.39 Å². The standard InChI is InChI=1S/C18H3F35O5/c1-2(19,8(26,27)28)54-15(46,47)4(22,10(32,33)34)56-17(50,51)6(24,12(38,39)40)58-18(52,53)7(25,13(41,42)43)57-16(48,49)5(23,11(35,36)37)55-14(44,45)3(20,21)9(29,30)31/h1H3. The van der Waals surface area contributed by atoms with E-state index in [9.17, 15) is 154 Å². The molecule has 0 aliphatic carbocycles. The summed E-state index contributed by atoms with van der Waals surface area (Å²) in [5.74, 6) is -52.2. The van der Waals surface area contributed by atoms with Crippen molar-refractivity contribution in [3.8, 4) is 0 Å². The van der Waals surface area contributed by atoms with Crippen LogP contribution in [0.2, 0.25) is 0 Å². The molecule has 40 heteroatoms. The third-order valence-corrected chi connectivity index (χ3v) is 5.58. The number of hydrogen-bond donors (Lipinski definition) is 0. The molecule has 0 radical (unpaired) electrons. The van der Waals surface area contributed by atoms with Crippen molar-refractivity contribution in [2.45, 2.75) is 110 Å². The highest BCUT2D eigenvalue weighted by molar-refractivity contribution is 5.00. The van der Waals surface area contributed by atoms with Crippen LogP contribution in [0.3, 0.4) is 0 Å². The van der Waals surface area contributed by atoms with Gasteiger partial charge in [0.15, 0.2) is 0 Å². The molecule has 5 nitrogen and oxygen atoms in total. The summed E-state index contributed by atoms with van der Waals surface area (Å²) in [7, 11) is 0. The van der Waals surface area contributed by atoms with E-state index >= 15 is 0 Å². The van der Waals surface area contributed by atoms with E-state index in [0.717, 1.165) is 14.2 Å². The maximum Gasteiger partial charge on any atom is 0.462 e. The van der Waals surface area contributed by atoms with E-state index in [1.54, 1.807) is 0 Å². The number of hydrogen-bond acceptors (Lipinski definition) is 5. The summed E-state index contributed by atoms with van der Waals surface area (Å²) in [6.07, 6.45) is -96.5. The molecule has 0 spiro atoms. The Bertz CT molecular complexity index is 1430. The van der Waals surface area contributed by atoms with Crippen molar-refractivity contribution in [3.05, 3.63) is 0 Å². The smallest absolute Gasteiger partial charge is 0.270 e. The fourth-order valence-corrected chi connectivity index (χ4v) is 2.63. The monoisotopic (exact) mass is 964 g/mol. The van der Waals surface area contributed by atoms with Gasteiger partial charge in [0.05, 0.1) is 0 Å². The van der Waals surface area contributed by atoms with Crippen LogP contribution in [0.1, 0.15) is 6.92 Å². The lowest BCUT2D eigenvalue weighted by molar-refractivity contribution is -0.600. The Balaban J connectivity index is 7.93. The molecule has 0 aliphatic rings. The third-order valence-electron chi connectivity index (χ3n) is 5.58. The van der Waals surface area contributed by atoms with Crippen molar-refractivity contribution in [3.63, 3.8) is 0 Å². The van der Waals surface area contributed by atoms with E-state index in [1.807, 2.05) is 0 Å². The van der Waals surface area contributed by atoms with Gasteiger partial charge in [0, 0.05) is 6.92 Å². The molecule has 350 valence electrons. The summed E-state index contributed by atoms with van der Waals surface area (Å²) in [4.78, 5) is 0. The quantitative estimate of drug-likeness (QED) is 0.153. The Morgan fingerprint density at radius 1 is 0.207 bits per heavy atom. The molecule has 0 aromatic carbocycles. The highest BCUT2D eigenvalue weighted by atomic mass is 19.5. The van der Waals surface area contributed by atoms with Gasteiger partial charge in [0.25, 0.3) is 0 Å². The Morgan fingerprint density at radius 2 is 0.379 bits per heavy atom. The summed E-state index contributed by atoms with van der Waals surface area (Å²) >= 11 is 0. The van der Waals surface area contributed by atoms with Crippen LogP contribution < -0.4 is 0 Å². The molecule has 0 bridgehead atoms. The highest BCUT2D eigenvalue weighted by Gasteiger charge is 2.91. The fourth-order valence-electron chi connectivity index (χ4n) is 2.63. The zero-order valence-electron chi connectivity index (χ0n) is 24.8. The van der Waals surface area contributed by atoms with Crippen molar-refractivity contribution in [2.75, 3.05) is 0 Å². The highest BCUT2D eigenvalue weighted by Crippen LogP contribution is 2.62. The fraction of sp³-hybridized carbons (Fsp3) is 1.00. The second-order valence-electron chi connectivity index (χ2n) is 9.95. The minimum absolute atomic E-state index is 0.716. The summed E-state index contributed by atoms with van der Waals surface area (Å²) in [6, 6.07) is 0. The van der Waals surface area contributed by atoms with Crippen LogP contribution in [0, 0.1) is 0 Å². The molecule has 58 heavy (non-hydrogen) atoms. The van der Waals surface area contributed by atoms with Crippen LogP contribution in [-0.4, -0.2) is 103 Å². The molecule has 0 rings (SSSR count). The molecule has 0 N–H and O–H groups in total. The molecule has 5 unspecified atom stereocenters. The largest absolute Gasteiger partial charge is 0.462 e. The van der Waals surface area contributed by atoms with Crippen LogP contribution >= 0.6 is 0 Å². The average Bonchev–Trinajstić information content (AvgIpc) is 2.87. The van der Waals surface area contributed by atoms with E-state index in [0.29, 0.717) is 4.74 Å². The predicted molar refractivity (Wildman–Crippen MR) is 96.3 cm³/mol. The lowest BCUT2D eigenvalue weighted by Crippen LogP contribution is -2.72. The first-order chi connectivity index (χ1) is 24.3. The summed E-state index contributed by atoms with van der Waals surface area (Å²) in [5.41, 5.74) is 0. The van der Waals surface area contributed by atoms with Crippen LogP contribution in [0.4, 0.5) is 154 Å². The first-order valence-electron chi connectivity index (χ1n) is 11.9. The van der Waals surface area contributed by atoms with Gasteiger partial charge in [-0.3, -0.25) is 23.7 Å². The lowest BCUT2D eigenvalue weighted by atomic mass is 10.2. The molecule has 5 atom stereocenters. The molecule has 0 aromatic rings. The van der Waals surface area contributed by atoms with Gasteiger partial charge in [0.2, 0.25) is 0 Å². The van der Waals surface area contributed by atoms with Crippen molar-refractivity contribution in [1.29, 1.82) is 0 Å². The Hall–Kier alpha value is -2.65. The first-order valence-corrected chi connectivity index (χ1v) is 11.9. The third kappa shape index (κ3) is 9.16. The number of alkyl halides is 35. The molecule has 0 amide bonds. The molecule has 0 heterocycles. The van der Waals surface area contributed by atoms with Gasteiger partial charge in [-0.15, -0.1) is 0 Å². The second-order valence-corrected chi connectivity index (χ2v) is 9.95. The van der Waals surface area contributed by atoms with Gasteiger partial charge in [-0.05, 0) is 0 Å². The molecule has 0 aliphatic heterocycles. The van der Waals surface area contributed by atoms with Crippen LogP contribution in [0.25, 0.3) is 0 Å². The average molecular weight is 964 g/mol. The Kier molecular flexibility index (Phi) is 13.6. The second kappa shape index (κ2) is 14.2. The predicted octanol–water partition coefficient (Wildman–Crippen LogP) is 11.4. The van der Waals surface area contributed by atoms with Crippen molar-refractivity contribution in [2.24, 2.45) is 0 Å².